The summed E-state index contributed by atoms with van der Waals surface area (Å²) in [6.45, 7) is 13.5. The first-order valence-corrected chi connectivity index (χ1v) is 11.3. The molecule has 1 aliphatic heterocycles. The van der Waals surface area contributed by atoms with Gasteiger partial charge in [-0.2, -0.15) is 0 Å². The van der Waals surface area contributed by atoms with E-state index in [4.69, 9.17) is 4.74 Å². The third kappa shape index (κ3) is 2.67. The zero-order valence-electron chi connectivity index (χ0n) is 19.5. The Morgan fingerprint density at radius 2 is 1.19 bits per heavy atom. The van der Waals surface area contributed by atoms with Crippen LogP contribution in [0.4, 0.5) is 0 Å². The van der Waals surface area contributed by atoms with Crippen molar-refractivity contribution in [1.29, 1.82) is 0 Å². The molecule has 0 aromatic heterocycles. The molecule has 160 valence electrons. The molecule has 2 nitrogen and oxygen atoms in total. The molecule has 0 atom stereocenters. The van der Waals surface area contributed by atoms with Crippen molar-refractivity contribution in [1.82, 2.24) is 0 Å². The minimum Gasteiger partial charge on any atom is -0.477 e. The number of ether oxygens (including phenoxy) is 1. The average Bonchev–Trinajstić information content (AvgIpc) is 2.96. The maximum atomic E-state index is 13.6. The lowest BCUT2D eigenvalue weighted by Crippen LogP contribution is -2.31. The normalized spacial score (nSPS) is 24.6. The lowest BCUT2D eigenvalue weighted by molar-refractivity contribution is -0.118. The molecule has 0 saturated heterocycles. The maximum Gasteiger partial charge on any atom is 0.184 e. The van der Waals surface area contributed by atoms with Crippen LogP contribution >= 0.6 is 0 Å². The van der Waals surface area contributed by atoms with Crippen LogP contribution in [0.2, 0.25) is 0 Å². The van der Waals surface area contributed by atoms with E-state index in [2.05, 4.69) is 90.1 Å². The third-order valence-corrected chi connectivity index (χ3v) is 8.07. The predicted octanol–water partition coefficient (Wildman–Crippen LogP) is 6.97. The Kier molecular flexibility index (Phi) is 4.07. The Hall–Kier alpha value is -2.61. The van der Waals surface area contributed by atoms with Crippen LogP contribution in [0.1, 0.15) is 65.5 Å². The molecule has 2 aromatic rings. The quantitative estimate of drug-likeness (QED) is 0.532. The summed E-state index contributed by atoms with van der Waals surface area (Å²) in [6, 6.07) is 20.9. The van der Waals surface area contributed by atoms with Crippen LogP contribution in [0.3, 0.4) is 0 Å². The van der Waals surface area contributed by atoms with Crippen molar-refractivity contribution in [3.63, 3.8) is 0 Å². The largest absolute Gasteiger partial charge is 0.477 e. The molecule has 1 fully saturated rings. The van der Waals surface area contributed by atoms with E-state index < -0.39 is 5.60 Å². The fourth-order valence-corrected chi connectivity index (χ4v) is 5.92. The van der Waals surface area contributed by atoms with Gasteiger partial charge in [-0.3, -0.25) is 4.79 Å². The number of carbonyl (C=O) groups is 1. The summed E-state index contributed by atoms with van der Waals surface area (Å²) in [6.07, 6.45) is 1.35. The fourth-order valence-electron chi connectivity index (χ4n) is 5.92. The highest BCUT2D eigenvalue weighted by Crippen LogP contribution is 2.73. The number of carbonyl (C=O) groups excluding carboxylic acids is 1. The van der Waals surface area contributed by atoms with Gasteiger partial charge in [-0.25, -0.2) is 0 Å². The van der Waals surface area contributed by atoms with Gasteiger partial charge in [-0.1, -0.05) is 102 Å². The Labute approximate surface area is 186 Å². The lowest BCUT2D eigenvalue weighted by atomic mass is 9.71. The third-order valence-electron chi connectivity index (χ3n) is 8.07. The topological polar surface area (TPSA) is 26.3 Å². The van der Waals surface area contributed by atoms with Crippen LogP contribution in [0.15, 0.2) is 83.1 Å². The van der Waals surface area contributed by atoms with Gasteiger partial charge in [0, 0.05) is 29.5 Å². The van der Waals surface area contributed by atoms with Crippen molar-refractivity contribution < 1.29 is 9.53 Å². The smallest absolute Gasteiger partial charge is 0.184 e. The van der Waals surface area contributed by atoms with E-state index in [9.17, 15) is 4.79 Å². The second-order valence-corrected chi connectivity index (χ2v) is 11.3. The highest BCUT2D eigenvalue weighted by Gasteiger charge is 2.66. The van der Waals surface area contributed by atoms with Gasteiger partial charge in [0.15, 0.2) is 11.4 Å². The van der Waals surface area contributed by atoms with E-state index in [1.807, 2.05) is 12.1 Å². The summed E-state index contributed by atoms with van der Waals surface area (Å²) in [5.74, 6) is 1.09. The van der Waals surface area contributed by atoms with Gasteiger partial charge in [-0.05, 0) is 21.8 Å². The first kappa shape index (κ1) is 20.3. The Morgan fingerprint density at radius 3 is 1.65 bits per heavy atom. The predicted molar refractivity (Wildman–Crippen MR) is 124 cm³/mol. The average molecular weight is 413 g/mol. The van der Waals surface area contributed by atoms with Crippen LogP contribution in [-0.2, 0) is 15.1 Å². The van der Waals surface area contributed by atoms with E-state index in [0.717, 1.165) is 34.5 Å². The Bertz CT molecular complexity index is 1070. The first-order valence-electron chi connectivity index (χ1n) is 11.3. The van der Waals surface area contributed by atoms with Gasteiger partial charge in [0.2, 0.25) is 0 Å². The number of hydrogen-bond donors (Lipinski definition) is 0. The molecule has 0 amide bonds. The summed E-state index contributed by atoms with van der Waals surface area (Å²) < 4.78 is 7.03. The van der Waals surface area contributed by atoms with E-state index in [0.29, 0.717) is 6.42 Å². The van der Waals surface area contributed by atoms with Gasteiger partial charge in [0.25, 0.3) is 0 Å². The van der Waals surface area contributed by atoms with E-state index >= 15 is 0 Å². The second-order valence-electron chi connectivity index (χ2n) is 11.3. The van der Waals surface area contributed by atoms with Crippen LogP contribution in [0, 0.1) is 16.2 Å². The first-order chi connectivity index (χ1) is 14.5. The monoisotopic (exact) mass is 412 g/mol. The standard InChI is InChI=1S/C29H32O2/c1-26(2)17-21(30)23-22(18-26)31-29(19-13-9-7-10-14-19,20-15-11-8-12-16-20)24(23)25-27(3,4)28(25,5)6/h7-16H,17-18H2,1-6H3. The number of hydrogen-bond acceptors (Lipinski definition) is 2. The molecular formula is C29H32O2. The van der Waals surface area contributed by atoms with Crippen molar-refractivity contribution in [3.8, 4) is 0 Å². The molecular weight excluding hydrogens is 380 g/mol. The minimum atomic E-state index is -0.788. The number of rotatable bonds is 2. The molecule has 0 unspecified atom stereocenters. The summed E-state index contributed by atoms with van der Waals surface area (Å²) in [4.78, 5) is 13.6. The van der Waals surface area contributed by atoms with Crippen LogP contribution in [-0.4, -0.2) is 5.78 Å². The van der Waals surface area contributed by atoms with Crippen molar-refractivity contribution in [2.24, 2.45) is 16.2 Å². The zero-order chi connectivity index (χ0) is 22.2. The molecule has 0 spiro atoms. The molecule has 5 rings (SSSR count). The highest BCUT2D eigenvalue weighted by molar-refractivity contribution is 6.04. The maximum absolute atomic E-state index is 13.6. The Morgan fingerprint density at radius 1 is 0.710 bits per heavy atom. The molecule has 2 aromatic carbocycles. The molecule has 1 heterocycles. The lowest BCUT2D eigenvalue weighted by Gasteiger charge is -2.34. The molecule has 3 aliphatic rings. The summed E-state index contributed by atoms with van der Waals surface area (Å²) in [5.41, 5.74) is 4.62. The summed E-state index contributed by atoms with van der Waals surface area (Å²) in [7, 11) is 0. The molecule has 31 heavy (non-hydrogen) atoms. The molecule has 0 radical (unpaired) electrons. The molecule has 0 N–H and O–H groups in total. The van der Waals surface area contributed by atoms with E-state index in [1.165, 1.54) is 5.57 Å². The van der Waals surface area contributed by atoms with Gasteiger partial charge >= 0.3 is 0 Å². The van der Waals surface area contributed by atoms with E-state index in [1.54, 1.807) is 0 Å². The zero-order valence-corrected chi connectivity index (χ0v) is 19.5. The highest BCUT2D eigenvalue weighted by atomic mass is 16.5. The molecule has 2 heteroatoms. The summed E-state index contributed by atoms with van der Waals surface area (Å²) >= 11 is 0. The van der Waals surface area contributed by atoms with Crippen molar-refractivity contribution in [2.45, 2.75) is 60.0 Å². The second kappa shape index (κ2) is 6.22. The summed E-state index contributed by atoms with van der Waals surface area (Å²) in [5, 5.41) is 0. The van der Waals surface area contributed by atoms with Crippen molar-refractivity contribution in [2.75, 3.05) is 0 Å². The van der Waals surface area contributed by atoms with Crippen molar-refractivity contribution in [3.05, 3.63) is 94.3 Å². The molecule has 2 aliphatic carbocycles. The van der Waals surface area contributed by atoms with Crippen LogP contribution < -0.4 is 0 Å². The van der Waals surface area contributed by atoms with Gasteiger partial charge in [0.1, 0.15) is 5.76 Å². The molecule has 0 bridgehead atoms. The number of Topliss-reactive ketones (excluding diaryl/α,β-unsaturated/α-hetero) is 1. The van der Waals surface area contributed by atoms with Crippen LogP contribution in [0.25, 0.3) is 0 Å². The number of benzene rings is 2. The number of ketones is 1. The van der Waals surface area contributed by atoms with E-state index in [-0.39, 0.29) is 22.0 Å². The fraction of sp³-hybridized carbons (Fsp3) is 0.414. The van der Waals surface area contributed by atoms with Gasteiger partial charge in [0.05, 0.1) is 5.57 Å². The minimum absolute atomic E-state index is 0.0101. The van der Waals surface area contributed by atoms with Crippen molar-refractivity contribution >= 4 is 5.78 Å². The SMILES string of the molecule is CC1(C)CC(=O)C2=C(C1)OC(c1ccccc1)(c1ccccc1)C2=C1C(C)(C)C1(C)C. The van der Waals surface area contributed by atoms with Crippen LogP contribution in [0.5, 0.6) is 0 Å². The van der Waals surface area contributed by atoms with Gasteiger partial charge < -0.3 is 4.74 Å². The Balaban J connectivity index is 1.88. The molecule has 1 saturated carbocycles. The number of allylic oxidation sites excluding steroid dienone is 2. The van der Waals surface area contributed by atoms with Gasteiger partial charge in [-0.15, -0.1) is 0 Å².